The maximum absolute atomic E-state index is 11.6. The van der Waals surface area contributed by atoms with Gasteiger partial charge in [-0.25, -0.2) is 9.79 Å². The van der Waals surface area contributed by atoms with Gasteiger partial charge in [-0.3, -0.25) is 0 Å². The lowest BCUT2D eigenvalue weighted by Gasteiger charge is -2.30. The summed E-state index contributed by atoms with van der Waals surface area (Å²) in [6.07, 6.45) is 0.331. The van der Waals surface area contributed by atoms with Gasteiger partial charge in [0, 0.05) is 19.5 Å². The average molecular weight is 298 g/mol. The number of ether oxygens (including phenoxy) is 1. The Kier molecular flexibility index (Phi) is 4.06. The third-order valence-corrected chi connectivity index (χ3v) is 3.91. The lowest BCUT2D eigenvalue weighted by Crippen LogP contribution is -2.35. The normalized spacial score (nSPS) is 18.4. The largest absolute Gasteiger partial charge is 0.478 e. The van der Waals surface area contributed by atoms with E-state index in [4.69, 9.17) is 4.74 Å². The number of rotatable bonds is 4. The van der Waals surface area contributed by atoms with Gasteiger partial charge in [-0.05, 0) is 5.56 Å². The number of hydrogen-bond donors (Lipinski definition) is 1. The Balaban J connectivity index is 1.89. The van der Waals surface area contributed by atoms with Crippen LogP contribution in [0.4, 0.5) is 0 Å². The van der Waals surface area contributed by atoms with Crippen LogP contribution in [-0.2, 0) is 9.53 Å². The fourth-order valence-corrected chi connectivity index (χ4v) is 2.69. The van der Waals surface area contributed by atoms with Crippen LogP contribution in [0.5, 0.6) is 0 Å². The highest BCUT2D eigenvalue weighted by atomic mass is 16.5. The standard InChI is InChI=1S/C17H18N2O3/c1-12(19-7-9-22-10-8-19)16-14(17(20)21)11-15(18-16)13-5-3-2-4-6-13/h2-6H,1,7-11H2,(H,20,21). The number of carboxylic acids is 1. The Morgan fingerprint density at radius 1 is 1.23 bits per heavy atom. The summed E-state index contributed by atoms with van der Waals surface area (Å²) in [4.78, 5) is 18.2. The molecule has 0 spiro atoms. The molecule has 0 radical (unpaired) electrons. The van der Waals surface area contributed by atoms with E-state index in [9.17, 15) is 9.90 Å². The second-order valence-electron chi connectivity index (χ2n) is 5.28. The number of morpholine rings is 1. The molecule has 0 aliphatic carbocycles. The van der Waals surface area contributed by atoms with Crippen LogP contribution < -0.4 is 0 Å². The van der Waals surface area contributed by atoms with Crippen LogP contribution in [-0.4, -0.2) is 48.0 Å². The maximum Gasteiger partial charge on any atom is 0.334 e. The van der Waals surface area contributed by atoms with Crippen molar-refractivity contribution in [2.45, 2.75) is 6.42 Å². The van der Waals surface area contributed by atoms with Crippen LogP contribution in [0.3, 0.4) is 0 Å². The van der Waals surface area contributed by atoms with Crippen molar-refractivity contribution in [2.75, 3.05) is 26.3 Å². The molecule has 0 saturated carbocycles. The zero-order valence-corrected chi connectivity index (χ0v) is 12.3. The number of nitrogens with zero attached hydrogens (tertiary/aromatic N) is 2. The summed E-state index contributed by atoms with van der Waals surface area (Å²) in [5, 5.41) is 9.48. The highest BCUT2D eigenvalue weighted by molar-refractivity contribution is 6.10. The summed E-state index contributed by atoms with van der Waals surface area (Å²) in [5.74, 6) is -0.931. The second-order valence-corrected chi connectivity index (χ2v) is 5.28. The van der Waals surface area contributed by atoms with Crippen LogP contribution >= 0.6 is 0 Å². The highest BCUT2D eigenvalue weighted by Gasteiger charge is 2.28. The van der Waals surface area contributed by atoms with Crippen LogP contribution in [0.1, 0.15) is 12.0 Å². The van der Waals surface area contributed by atoms with E-state index in [1.807, 2.05) is 35.2 Å². The molecule has 0 amide bonds. The lowest BCUT2D eigenvalue weighted by molar-refractivity contribution is -0.132. The summed E-state index contributed by atoms with van der Waals surface area (Å²) in [5.41, 5.74) is 3.21. The number of hydrogen-bond acceptors (Lipinski definition) is 4. The maximum atomic E-state index is 11.6. The molecule has 0 bridgehead atoms. The molecule has 2 heterocycles. The Hall–Kier alpha value is -2.40. The van der Waals surface area contributed by atoms with E-state index in [0.29, 0.717) is 49.7 Å². The molecule has 5 heteroatoms. The molecule has 2 aliphatic rings. The molecule has 0 atom stereocenters. The summed E-state index contributed by atoms with van der Waals surface area (Å²) in [6.45, 7) is 6.75. The van der Waals surface area contributed by atoms with Gasteiger partial charge in [0.2, 0.25) is 0 Å². The molecule has 1 aromatic rings. The predicted molar refractivity (Wildman–Crippen MR) is 83.8 cm³/mol. The summed E-state index contributed by atoms with van der Waals surface area (Å²) >= 11 is 0. The van der Waals surface area contributed by atoms with Gasteiger partial charge >= 0.3 is 5.97 Å². The van der Waals surface area contributed by atoms with E-state index in [-0.39, 0.29) is 0 Å². The molecule has 2 aliphatic heterocycles. The molecule has 22 heavy (non-hydrogen) atoms. The fraction of sp³-hybridized carbons (Fsp3) is 0.294. The quantitative estimate of drug-likeness (QED) is 0.924. The van der Waals surface area contributed by atoms with Crippen molar-refractivity contribution in [2.24, 2.45) is 4.99 Å². The van der Waals surface area contributed by atoms with E-state index in [1.54, 1.807) is 0 Å². The van der Waals surface area contributed by atoms with Crippen molar-refractivity contribution in [1.29, 1.82) is 0 Å². The SMILES string of the molecule is C=C(C1=C(C(=O)O)CC(c2ccccc2)=N1)N1CCOCC1. The molecule has 1 N–H and O–H groups in total. The Morgan fingerprint density at radius 2 is 1.91 bits per heavy atom. The fourth-order valence-electron chi connectivity index (χ4n) is 2.69. The minimum Gasteiger partial charge on any atom is -0.478 e. The number of aliphatic carboxylic acids is 1. The summed E-state index contributed by atoms with van der Waals surface area (Å²) in [7, 11) is 0. The number of benzene rings is 1. The average Bonchev–Trinajstić information content (AvgIpc) is 3.01. The van der Waals surface area contributed by atoms with E-state index in [0.717, 1.165) is 11.3 Å². The molecule has 0 unspecified atom stereocenters. The predicted octanol–water partition coefficient (Wildman–Crippen LogP) is 2.06. The first kappa shape index (κ1) is 14.5. The number of aliphatic imine (C=N–C) groups is 1. The molecule has 5 nitrogen and oxygen atoms in total. The Labute approximate surface area is 129 Å². The van der Waals surface area contributed by atoms with Crippen molar-refractivity contribution in [3.8, 4) is 0 Å². The number of carboxylic acid groups (broad SMARTS) is 1. The van der Waals surface area contributed by atoms with Crippen molar-refractivity contribution in [3.63, 3.8) is 0 Å². The van der Waals surface area contributed by atoms with E-state index >= 15 is 0 Å². The third kappa shape index (κ3) is 2.80. The zero-order valence-electron chi connectivity index (χ0n) is 12.3. The van der Waals surface area contributed by atoms with Crippen LogP contribution in [0.2, 0.25) is 0 Å². The first-order valence-electron chi connectivity index (χ1n) is 7.28. The van der Waals surface area contributed by atoms with Gasteiger partial charge in [-0.1, -0.05) is 36.9 Å². The molecule has 3 rings (SSSR count). The van der Waals surface area contributed by atoms with Crippen molar-refractivity contribution in [1.82, 2.24) is 4.90 Å². The van der Waals surface area contributed by atoms with Crippen LogP contribution in [0.15, 0.2) is 58.9 Å². The Morgan fingerprint density at radius 3 is 2.55 bits per heavy atom. The highest BCUT2D eigenvalue weighted by Crippen LogP contribution is 2.30. The van der Waals surface area contributed by atoms with Gasteiger partial charge < -0.3 is 14.7 Å². The van der Waals surface area contributed by atoms with Gasteiger partial charge in [0.25, 0.3) is 0 Å². The summed E-state index contributed by atoms with van der Waals surface area (Å²) in [6, 6.07) is 9.66. The molecule has 114 valence electrons. The molecular formula is C17H18N2O3. The first-order valence-corrected chi connectivity index (χ1v) is 7.28. The van der Waals surface area contributed by atoms with E-state index in [1.165, 1.54) is 0 Å². The van der Waals surface area contributed by atoms with Gasteiger partial charge in [0.05, 0.1) is 35.9 Å². The molecule has 0 aromatic heterocycles. The van der Waals surface area contributed by atoms with Gasteiger partial charge in [-0.15, -0.1) is 0 Å². The van der Waals surface area contributed by atoms with Crippen LogP contribution in [0.25, 0.3) is 0 Å². The minimum atomic E-state index is -0.931. The minimum absolute atomic E-state index is 0.315. The van der Waals surface area contributed by atoms with E-state index in [2.05, 4.69) is 11.6 Å². The smallest absolute Gasteiger partial charge is 0.334 e. The molecule has 1 aromatic carbocycles. The van der Waals surface area contributed by atoms with Crippen LogP contribution in [0, 0.1) is 0 Å². The third-order valence-electron chi connectivity index (χ3n) is 3.91. The lowest BCUT2D eigenvalue weighted by atomic mass is 10.0. The first-order chi connectivity index (χ1) is 10.7. The zero-order chi connectivity index (χ0) is 15.5. The van der Waals surface area contributed by atoms with Gasteiger partial charge in [-0.2, -0.15) is 0 Å². The topological polar surface area (TPSA) is 62.1 Å². The second kappa shape index (κ2) is 6.15. The van der Waals surface area contributed by atoms with Crippen molar-refractivity contribution in [3.05, 3.63) is 59.4 Å². The van der Waals surface area contributed by atoms with E-state index < -0.39 is 5.97 Å². The monoisotopic (exact) mass is 298 g/mol. The van der Waals surface area contributed by atoms with Crippen molar-refractivity contribution < 1.29 is 14.6 Å². The van der Waals surface area contributed by atoms with Gasteiger partial charge in [0.1, 0.15) is 0 Å². The molecule has 1 saturated heterocycles. The molecule has 1 fully saturated rings. The summed E-state index contributed by atoms with van der Waals surface area (Å²) < 4.78 is 5.33. The van der Waals surface area contributed by atoms with Gasteiger partial charge in [0.15, 0.2) is 0 Å². The number of carbonyl (C=O) groups is 1. The van der Waals surface area contributed by atoms with Crippen molar-refractivity contribution >= 4 is 11.7 Å². The Bertz CT molecular complexity index is 656. The molecular weight excluding hydrogens is 280 g/mol.